The van der Waals surface area contributed by atoms with Crippen molar-refractivity contribution in [3.63, 3.8) is 0 Å². The van der Waals surface area contributed by atoms with Gasteiger partial charge in [0.2, 0.25) is 0 Å². The van der Waals surface area contributed by atoms with Crippen molar-refractivity contribution in [1.82, 2.24) is 14.7 Å². The Morgan fingerprint density at radius 1 is 1.37 bits per heavy atom. The first kappa shape index (κ1) is 13.9. The van der Waals surface area contributed by atoms with Gasteiger partial charge in [0.05, 0.1) is 5.69 Å². The summed E-state index contributed by atoms with van der Waals surface area (Å²) in [6.45, 7) is 8.44. The predicted molar refractivity (Wildman–Crippen MR) is 80.7 cm³/mol. The third-order valence-electron chi connectivity index (χ3n) is 3.44. The van der Waals surface area contributed by atoms with Crippen LogP contribution in [0, 0.1) is 0 Å². The topological polar surface area (TPSA) is 32.6 Å². The lowest BCUT2D eigenvalue weighted by atomic mass is 10.3. The molecule has 1 N–H and O–H groups in total. The number of fused-ring (bicyclic) bond motifs is 1. The molecule has 0 aliphatic carbocycles. The molecule has 0 unspecified atom stereocenters. The summed E-state index contributed by atoms with van der Waals surface area (Å²) in [6.07, 6.45) is 3.23. The minimum Gasteiger partial charge on any atom is -0.356 e. The maximum Gasteiger partial charge on any atom is 0.152 e. The fourth-order valence-corrected chi connectivity index (χ4v) is 2.11. The molecule has 2 rings (SSSR count). The van der Waals surface area contributed by atoms with E-state index in [4.69, 9.17) is 4.98 Å². The summed E-state index contributed by atoms with van der Waals surface area (Å²) >= 11 is 0. The van der Waals surface area contributed by atoms with Crippen LogP contribution in [-0.2, 0) is 6.54 Å². The van der Waals surface area contributed by atoms with E-state index in [1.54, 1.807) is 0 Å². The van der Waals surface area contributed by atoms with Gasteiger partial charge < -0.3 is 14.6 Å². The van der Waals surface area contributed by atoms with Gasteiger partial charge in [0.25, 0.3) is 0 Å². The Balaban J connectivity index is 2.40. The van der Waals surface area contributed by atoms with Crippen LogP contribution in [0.15, 0.2) is 24.4 Å². The highest BCUT2D eigenvalue weighted by molar-refractivity contribution is 5.56. The number of hydrogen-bond donors (Lipinski definition) is 1. The molecule has 104 valence electrons. The van der Waals surface area contributed by atoms with Gasteiger partial charge in [0, 0.05) is 25.8 Å². The Kier molecular flexibility index (Phi) is 4.43. The monoisotopic (exact) mass is 260 g/mol. The number of pyridine rings is 1. The minimum absolute atomic E-state index is 0.440. The molecule has 2 aromatic rings. The number of aromatic nitrogens is 2. The molecule has 0 spiro atoms. The number of anilines is 1. The summed E-state index contributed by atoms with van der Waals surface area (Å²) in [5.41, 5.74) is 2.25. The van der Waals surface area contributed by atoms with Crippen molar-refractivity contribution >= 4 is 11.5 Å². The highest BCUT2D eigenvalue weighted by Gasteiger charge is 2.16. The first-order chi connectivity index (χ1) is 9.15. The van der Waals surface area contributed by atoms with Gasteiger partial charge in [-0.15, -0.1) is 0 Å². The van der Waals surface area contributed by atoms with Crippen LogP contribution in [0.25, 0.3) is 5.65 Å². The van der Waals surface area contributed by atoms with Crippen LogP contribution in [0.2, 0.25) is 0 Å². The molecular formula is C15H24N4. The molecule has 19 heavy (non-hydrogen) atoms. The Morgan fingerprint density at radius 3 is 2.84 bits per heavy atom. The van der Waals surface area contributed by atoms with Crippen molar-refractivity contribution in [3.8, 4) is 0 Å². The molecule has 0 fully saturated rings. The lowest BCUT2D eigenvalue weighted by Gasteiger charge is -2.22. The van der Waals surface area contributed by atoms with Crippen LogP contribution in [0.3, 0.4) is 0 Å². The Morgan fingerprint density at radius 2 is 2.16 bits per heavy atom. The van der Waals surface area contributed by atoms with Crippen LogP contribution in [-0.4, -0.2) is 29.0 Å². The van der Waals surface area contributed by atoms with Gasteiger partial charge in [0.1, 0.15) is 5.65 Å². The molecular weight excluding hydrogens is 236 g/mol. The molecule has 0 amide bonds. The van der Waals surface area contributed by atoms with E-state index in [-0.39, 0.29) is 0 Å². The summed E-state index contributed by atoms with van der Waals surface area (Å²) in [7, 11) is 2.11. The third kappa shape index (κ3) is 2.89. The van der Waals surface area contributed by atoms with E-state index >= 15 is 0 Å². The first-order valence-electron chi connectivity index (χ1n) is 7.04. The Hall–Kier alpha value is -1.55. The van der Waals surface area contributed by atoms with E-state index in [1.807, 2.05) is 6.07 Å². The number of rotatable bonds is 6. The van der Waals surface area contributed by atoms with Gasteiger partial charge in [-0.25, -0.2) is 4.98 Å². The van der Waals surface area contributed by atoms with E-state index in [0.717, 1.165) is 31.0 Å². The SMILES string of the molecule is CCCNCc1c(N(C)C(C)C)nc2ccccn12. The third-order valence-corrected chi connectivity index (χ3v) is 3.44. The average Bonchev–Trinajstić information content (AvgIpc) is 2.77. The molecule has 0 saturated carbocycles. The second kappa shape index (κ2) is 6.06. The molecule has 0 saturated heterocycles. The van der Waals surface area contributed by atoms with Gasteiger partial charge in [-0.05, 0) is 38.9 Å². The zero-order valence-electron chi connectivity index (χ0n) is 12.3. The zero-order valence-corrected chi connectivity index (χ0v) is 12.3. The molecule has 0 aliphatic rings. The second-order valence-corrected chi connectivity index (χ2v) is 5.19. The molecule has 4 nitrogen and oxygen atoms in total. The number of nitrogens with zero attached hydrogens (tertiary/aromatic N) is 3. The molecule has 0 aliphatic heterocycles. The van der Waals surface area contributed by atoms with Crippen LogP contribution >= 0.6 is 0 Å². The largest absolute Gasteiger partial charge is 0.356 e. The van der Waals surface area contributed by atoms with E-state index in [0.29, 0.717) is 6.04 Å². The summed E-state index contributed by atoms with van der Waals surface area (Å²) in [5.74, 6) is 1.07. The number of nitrogens with one attached hydrogen (secondary N) is 1. The van der Waals surface area contributed by atoms with Crippen LogP contribution in [0.1, 0.15) is 32.9 Å². The zero-order chi connectivity index (χ0) is 13.8. The molecule has 0 atom stereocenters. The fourth-order valence-electron chi connectivity index (χ4n) is 2.11. The van der Waals surface area contributed by atoms with Gasteiger partial charge in [-0.2, -0.15) is 0 Å². The molecule has 0 aromatic carbocycles. The molecule has 2 heterocycles. The maximum absolute atomic E-state index is 4.76. The van der Waals surface area contributed by atoms with Gasteiger partial charge in [0.15, 0.2) is 5.82 Å². The highest BCUT2D eigenvalue weighted by atomic mass is 15.2. The smallest absolute Gasteiger partial charge is 0.152 e. The van der Waals surface area contributed by atoms with Crippen LogP contribution in [0.4, 0.5) is 5.82 Å². The van der Waals surface area contributed by atoms with Gasteiger partial charge in [-0.3, -0.25) is 0 Å². The van der Waals surface area contributed by atoms with E-state index in [1.165, 1.54) is 5.69 Å². The Labute approximate surface area is 115 Å². The highest BCUT2D eigenvalue weighted by Crippen LogP contribution is 2.22. The van der Waals surface area contributed by atoms with Crippen molar-refractivity contribution in [2.75, 3.05) is 18.5 Å². The average molecular weight is 260 g/mol. The van der Waals surface area contributed by atoms with E-state index in [9.17, 15) is 0 Å². The van der Waals surface area contributed by atoms with Crippen molar-refractivity contribution in [3.05, 3.63) is 30.1 Å². The molecule has 4 heteroatoms. The summed E-state index contributed by atoms with van der Waals surface area (Å²) in [5, 5.41) is 3.48. The van der Waals surface area contributed by atoms with Crippen molar-refractivity contribution in [1.29, 1.82) is 0 Å². The van der Waals surface area contributed by atoms with E-state index in [2.05, 4.69) is 60.8 Å². The van der Waals surface area contributed by atoms with Crippen molar-refractivity contribution in [2.45, 2.75) is 39.8 Å². The number of hydrogen-bond acceptors (Lipinski definition) is 3. The lowest BCUT2D eigenvalue weighted by molar-refractivity contribution is 0.654. The van der Waals surface area contributed by atoms with Crippen LogP contribution in [0.5, 0.6) is 0 Å². The maximum atomic E-state index is 4.76. The second-order valence-electron chi connectivity index (χ2n) is 5.19. The lowest BCUT2D eigenvalue weighted by Crippen LogP contribution is -2.28. The van der Waals surface area contributed by atoms with Crippen molar-refractivity contribution in [2.24, 2.45) is 0 Å². The number of imidazole rings is 1. The predicted octanol–water partition coefficient (Wildman–Crippen LogP) is 2.68. The quantitative estimate of drug-likeness (QED) is 0.811. The first-order valence-corrected chi connectivity index (χ1v) is 7.04. The standard InChI is InChI=1S/C15H24N4/c1-5-9-16-11-13-15(18(4)12(2)3)17-14-8-6-7-10-19(13)14/h6-8,10,12,16H,5,9,11H2,1-4H3. The van der Waals surface area contributed by atoms with E-state index < -0.39 is 0 Å². The summed E-state index contributed by atoms with van der Waals surface area (Å²) in [4.78, 5) is 6.99. The minimum atomic E-state index is 0.440. The van der Waals surface area contributed by atoms with Crippen molar-refractivity contribution < 1.29 is 0 Å². The normalized spacial score (nSPS) is 11.4. The van der Waals surface area contributed by atoms with Gasteiger partial charge in [-0.1, -0.05) is 13.0 Å². The molecule has 0 bridgehead atoms. The molecule has 0 radical (unpaired) electrons. The van der Waals surface area contributed by atoms with Crippen LogP contribution < -0.4 is 10.2 Å². The van der Waals surface area contributed by atoms with Gasteiger partial charge >= 0.3 is 0 Å². The molecule has 2 aromatic heterocycles. The Bertz CT molecular complexity index is 530. The summed E-state index contributed by atoms with van der Waals surface area (Å²) < 4.78 is 2.18. The summed E-state index contributed by atoms with van der Waals surface area (Å²) in [6, 6.07) is 6.58. The fraction of sp³-hybridized carbons (Fsp3) is 0.533.